The maximum atomic E-state index is 11.1. The molecule has 0 saturated carbocycles. The molecule has 0 spiro atoms. The van der Waals surface area contributed by atoms with Crippen LogP contribution in [-0.2, 0) is 11.3 Å². The van der Waals surface area contributed by atoms with Gasteiger partial charge in [-0.2, -0.15) is 5.10 Å². The molecule has 1 unspecified atom stereocenters. The van der Waals surface area contributed by atoms with Crippen molar-refractivity contribution in [3.8, 4) is 0 Å². The largest absolute Gasteiger partial charge is 0.481 e. The summed E-state index contributed by atoms with van der Waals surface area (Å²) in [4.78, 5) is 11.1. The molecule has 0 radical (unpaired) electrons. The molecule has 0 aliphatic rings. The lowest BCUT2D eigenvalue weighted by molar-refractivity contribution is -0.138. The lowest BCUT2D eigenvalue weighted by Gasteiger charge is -2.06. The first-order valence-electron chi connectivity index (χ1n) is 5.75. The molecule has 17 heavy (non-hydrogen) atoms. The highest BCUT2D eigenvalue weighted by molar-refractivity contribution is 5.89. The number of hydrogen-bond acceptors (Lipinski definition) is 2. The molecule has 0 bridgehead atoms. The summed E-state index contributed by atoms with van der Waals surface area (Å²) in [5, 5.41) is 14.6. The zero-order valence-corrected chi connectivity index (χ0v) is 10.3. The lowest BCUT2D eigenvalue weighted by atomic mass is 9.98. The Morgan fingerprint density at radius 1 is 1.53 bits per heavy atom. The smallest absolute Gasteiger partial charge is 0.310 e. The molecule has 0 fully saturated rings. The van der Waals surface area contributed by atoms with E-state index in [9.17, 15) is 4.79 Å². The quantitative estimate of drug-likeness (QED) is 0.884. The second-order valence-electron chi connectivity index (χ2n) is 4.20. The Labute approximate surface area is 99.9 Å². The molecule has 0 aliphatic heterocycles. The third-order valence-corrected chi connectivity index (χ3v) is 3.20. The summed E-state index contributed by atoms with van der Waals surface area (Å²) in [6.45, 7) is 6.52. The van der Waals surface area contributed by atoms with Crippen molar-refractivity contribution in [2.45, 2.75) is 33.2 Å². The van der Waals surface area contributed by atoms with E-state index in [4.69, 9.17) is 5.11 Å². The van der Waals surface area contributed by atoms with E-state index in [0.29, 0.717) is 0 Å². The van der Waals surface area contributed by atoms with Crippen molar-refractivity contribution in [2.24, 2.45) is 0 Å². The van der Waals surface area contributed by atoms with Crippen LogP contribution >= 0.6 is 0 Å². The van der Waals surface area contributed by atoms with Gasteiger partial charge < -0.3 is 5.11 Å². The predicted molar refractivity (Wildman–Crippen MR) is 66.2 cm³/mol. The molecule has 1 N–H and O–H groups in total. The summed E-state index contributed by atoms with van der Waals surface area (Å²) in [6, 6.07) is 5.72. The summed E-state index contributed by atoms with van der Waals surface area (Å²) < 4.78 is 1.91. The van der Waals surface area contributed by atoms with Gasteiger partial charge in [0.1, 0.15) is 0 Å². The summed E-state index contributed by atoms with van der Waals surface area (Å²) >= 11 is 0. The van der Waals surface area contributed by atoms with E-state index in [1.54, 1.807) is 6.92 Å². The van der Waals surface area contributed by atoms with Gasteiger partial charge >= 0.3 is 5.97 Å². The van der Waals surface area contributed by atoms with Crippen LogP contribution in [0.15, 0.2) is 18.2 Å². The van der Waals surface area contributed by atoms with Gasteiger partial charge in [-0.15, -0.1) is 0 Å². The Morgan fingerprint density at radius 2 is 2.24 bits per heavy atom. The van der Waals surface area contributed by atoms with E-state index in [0.717, 1.165) is 28.7 Å². The Bertz CT molecular complexity index is 572. The second kappa shape index (κ2) is 4.20. The fourth-order valence-electron chi connectivity index (χ4n) is 2.09. The standard InChI is InChI=1S/C13H16N2O2/c1-4-15-9(3)11-7-5-6-10(12(11)14-15)8(2)13(16)17/h5-8H,4H2,1-3H3,(H,16,17). The predicted octanol–water partition coefficient (Wildman–Crippen LogP) is 2.55. The molecule has 0 amide bonds. The topological polar surface area (TPSA) is 55.1 Å². The summed E-state index contributed by atoms with van der Waals surface area (Å²) in [5.74, 6) is -1.35. The first kappa shape index (κ1) is 11.6. The van der Waals surface area contributed by atoms with E-state index in [1.165, 1.54) is 0 Å². The molecule has 0 aliphatic carbocycles. The van der Waals surface area contributed by atoms with Crippen LogP contribution in [0.25, 0.3) is 10.9 Å². The van der Waals surface area contributed by atoms with Crippen molar-refractivity contribution in [1.29, 1.82) is 0 Å². The maximum absolute atomic E-state index is 11.1. The Kier molecular flexibility index (Phi) is 2.88. The number of hydrogen-bond donors (Lipinski definition) is 1. The highest BCUT2D eigenvalue weighted by Gasteiger charge is 2.19. The number of benzene rings is 1. The fourth-order valence-corrected chi connectivity index (χ4v) is 2.09. The van der Waals surface area contributed by atoms with Crippen LogP contribution in [0, 0.1) is 6.92 Å². The van der Waals surface area contributed by atoms with Crippen molar-refractivity contribution in [2.75, 3.05) is 0 Å². The monoisotopic (exact) mass is 232 g/mol. The summed E-state index contributed by atoms with van der Waals surface area (Å²) in [7, 11) is 0. The zero-order chi connectivity index (χ0) is 12.6. The number of aryl methyl sites for hydroxylation is 2. The van der Waals surface area contributed by atoms with E-state index in [-0.39, 0.29) is 0 Å². The van der Waals surface area contributed by atoms with Gasteiger partial charge in [-0.25, -0.2) is 0 Å². The van der Waals surface area contributed by atoms with Crippen LogP contribution < -0.4 is 0 Å². The molecular formula is C13H16N2O2. The zero-order valence-electron chi connectivity index (χ0n) is 10.3. The highest BCUT2D eigenvalue weighted by Crippen LogP contribution is 2.26. The molecule has 2 aromatic rings. The molecule has 90 valence electrons. The third kappa shape index (κ3) is 1.79. The molecule has 0 saturated heterocycles. The van der Waals surface area contributed by atoms with Crippen LogP contribution in [0.1, 0.15) is 31.0 Å². The van der Waals surface area contributed by atoms with E-state index in [2.05, 4.69) is 5.10 Å². The minimum absolute atomic E-state index is 0.529. The average molecular weight is 232 g/mol. The maximum Gasteiger partial charge on any atom is 0.310 e. The number of carbonyl (C=O) groups is 1. The van der Waals surface area contributed by atoms with Crippen LogP contribution in [0.2, 0.25) is 0 Å². The van der Waals surface area contributed by atoms with E-state index >= 15 is 0 Å². The molecule has 2 rings (SSSR count). The Morgan fingerprint density at radius 3 is 2.82 bits per heavy atom. The first-order chi connectivity index (χ1) is 8.06. The Hall–Kier alpha value is -1.84. The fraction of sp³-hybridized carbons (Fsp3) is 0.385. The van der Waals surface area contributed by atoms with Gasteiger partial charge in [0.15, 0.2) is 0 Å². The summed E-state index contributed by atoms with van der Waals surface area (Å²) in [5.41, 5.74) is 2.67. The van der Waals surface area contributed by atoms with Crippen molar-refractivity contribution in [3.05, 3.63) is 29.5 Å². The first-order valence-corrected chi connectivity index (χ1v) is 5.75. The van der Waals surface area contributed by atoms with Gasteiger partial charge in [-0.05, 0) is 26.3 Å². The van der Waals surface area contributed by atoms with Crippen molar-refractivity contribution in [1.82, 2.24) is 9.78 Å². The number of rotatable bonds is 3. The van der Waals surface area contributed by atoms with Gasteiger partial charge in [0.05, 0.1) is 11.4 Å². The van der Waals surface area contributed by atoms with E-state index < -0.39 is 11.9 Å². The van der Waals surface area contributed by atoms with Crippen molar-refractivity contribution < 1.29 is 9.90 Å². The number of aromatic nitrogens is 2. The minimum Gasteiger partial charge on any atom is -0.481 e. The summed E-state index contributed by atoms with van der Waals surface area (Å²) in [6.07, 6.45) is 0. The molecule has 1 aromatic heterocycles. The highest BCUT2D eigenvalue weighted by atomic mass is 16.4. The average Bonchev–Trinajstić information content (AvgIpc) is 2.65. The van der Waals surface area contributed by atoms with Crippen molar-refractivity contribution in [3.63, 3.8) is 0 Å². The molecule has 1 aromatic carbocycles. The molecule has 1 atom stereocenters. The minimum atomic E-state index is -0.818. The van der Waals surface area contributed by atoms with Crippen LogP contribution in [0.4, 0.5) is 0 Å². The SMILES string of the molecule is CCn1nc2c(C(C)C(=O)O)cccc2c1C. The number of carboxylic acid groups (broad SMARTS) is 1. The molecule has 1 heterocycles. The van der Waals surface area contributed by atoms with Crippen LogP contribution in [-0.4, -0.2) is 20.9 Å². The number of carboxylic acids is 1. The van der Waals surface area contributed by atoms with Crippen LogP contribution in [0.5, 0.6) is 0 Å². The van der Waals surface area contributed by atoms with Crippen molar-refractivity contribution >= 4 is 16.9 Å². The van der Waals surface area contributed by atoms with Gasteiger partial charge in [0.2, 0.25) is 0 Å². The van der Waals surface area contributed by atoms with E-state index in [1.807, 2.05) is 36.7 Å². The van der Waals surface area contributed by atoms with Crippen LogP contribution in [0.3, 0.4) is 0 Å². The number of aliphatic carboxylic acids is 1. The van der Waals surface area contributed by atoms with Gasteiger partial charge in [0.25, 0.3) is 0 Å². The molecule has 4 nitrogen and oxygen atoms in total. The Balaban J connectivity index is 2.69. The number of fused-ring (bicyclic) bond motifs is 1. The number of nitrogens with zero attached hydrogens (tertiary/aromatic N) is 2. The van der Waals surface area contributed by atoms with Gasteiger partial charge in [0, 0.05) is 17.6 Å². The normalized spacial score (nSPS) is 12.9. The van der Waals surface area contributed by atoms with Gasteiger partial charge in [-0.3, -0.25) is 9.48 Å². The lowest BCUT2D eigenvalue weighted by Crippen LogP contribution is -2.08. The third-order valence-electron chi connectivity index (χ3n) is 3.20. The molecular weight excluding hydrogens is 216 g/mol. The molecule has 4 heteroatoms. The second-order valence-corrected chi connectivity index (χ2v) is 4.20. The van der Waals surface area contributed by atoms with Gasteiger partial charge in [-0.1, -0.05) is 18.2 Å².